The van der Waals surface area contributed by atoms with E-state index in [9.17, 15) is 0 Å². The summed E-state index contributed by atoms with van der Waals surface area (Å²) < 4.78 is 0. The zero-order valence-electron chi connectivity index (χ0n) is 9.75. The fraction of sp³-hybridized carbons (Fsp3) is 0.333. The highest BCUT2D eigenvalue weighted by atomic mass is 79.9. The van der Waals surface area contributed by atoms with Crippen LogP contribution in [0.3, 0.4) is 0 Å². The summed E-state index contributed by atoms with van der Waals surface area (Å²) in [5.41, 5.74) is 4.23. The van der Waals surface area contributed by atoms with Gasteiger partial charge in [0.1, 0.15) is 0 Å². The lowest BCUT2D eigenvalue weighted by Crippen LogP contribution is -2.20. The van der Waals surface area contributed by atoms with E-state index in [1.165, 1.54) is 28.6 Å². The molecule has 1 aromatic carbocycles. The summed E-state index contributed by atoms with van der Waals surface area (Å²) in [5, 5.41) is 1.40. The molecule has 88 valence electrons. The number of alkyl halides is 1. The normalized spacial score (nSPS) is 21.1. The van der Waals surface area contributed by atoms with Crippen LogP contribution >= 0.6 is 15.9 Å². The molecule has 1 aliphatic rings. The number of rotatable bonds is 2. The number of fused-ring (bicyclic) bond motifs is 3. The molecule has 0 radical (unpaired) electrons. The molecule has 1 nitrogen and oxygen atoms in total. The maximum Gasteiger partial charge on any atom is 0.0458 e. The minimum Gasteiger partial charge on any atom is -0.358 e. The highest BCUT2D eigenvalue weighted by Crippen LogP contribution is 2.34. The average Bonchev–Trinajstić information content (AvgIpc) is 2.75. The van der Waals surface area contributed by atoms with Crippen LogP contribution in [0.5, 0.6) is 0 Å². The van der Waals surface area contributed by atoms with Crippen LogP contribution in [-0.2, 0) is 12.8 Å². The van der Waals surface area contributed by atoms with E-state index in [-0.39, 0.29) is 0 Å². The standard InChI is InChI=1S/C15H16BrN/c1-2-13(16)10-7-8-15-12(9-10)11-5-3-4-6-14(11)17-15/h2-6,10,13,17H,1,7-9H2. The third-order valence-electron chi connectivity index (χ3n) is 3.81. The Balaban J connectivity index is 2.03. The Hall–Kier alpha value is -1.02. The largest absolute Gasteiger partial charge is 0.358 e. The van der Waals surface area contributed by atoms with Crippen LogP contribution in [0.1, 0.15) is 17.7 Å². The summed E-state index contributed by atoms with van der Waals surface area (Å²) in [6.45, 7) is 3.89. The van der Waals surface area contributed by atoms with Gasteiger partial charge >= 0.3 is 0 Å². The zero-order chi connectivity index (χ0) is 11.8. The number of halogens is 1. The van der Waals surface area contributed by atoms with Gasteiger partial charge in [-0.05, 0) is 36.8 Å². The van der Waals surface area contributed by atoms with Crippen LogP contribution < -0.4 is 0 Å². The second kappa shape index (κ2) is 4.34. The van der Waals surface area contributed by atoms with Gasteiger partial charge in [-0.15, -0.1) is 6.58 Å². The first-order valence-corrected chi connectivity index (χ1v) is 7.06. The Kier molecular flexibility index (Phi) is 2.83. The molecule has 1 aliphatic carbocycles. The van der Waals surface area contributed by atoms with Crippen molar-refractivity contribution in [3.05, 3.63) is 48.2 Å². The molecule has 0 spiro atoms. The molecule has 2 heteroatoms. The summed E-state index contributed by atoms with van der Waals surface area (Å²) in [6, 6.07) is 8.62. The predicted octanol–water partition coefficient (Wildman–Crippen LogP) is 4.22. The summed E-state index contributed by atoms with van der Waals surface area (Å²) in [6.07, 6.45) is 5.57. The van der Waals surface area contributed by atoms with Crippen molar-refractivity contribution in [2.45, 2.75) is 24.1 Å². The van der Waals surface area contributed by atoms with Crippen molar-refractivity contribution in [3.8, 4) is 0 Å². The Morgan fingerprint density at radius 1 is 1.41 bits per heavy atom. The SMILES string of the molecule is C=CC(Br)C1CCc2[nH]c3ccccc3c2C1. The van der Waals surface area contributed by atoms with E-state index in [0.29, 0.717) is 10.7 Å². The topological polar surface area (TPSA) is 15.8 Å². The highest BCUT2D eigenvalue weighted by Gasteiger charge is 2.25. The number of aromatic nitrogens is 1. The quantitative estimate of drug-likeness (QED) is 0.629. The number of para-hydroxylation sites is 1. The van der Waals surface area contributed by atoms with Crippen molar-refractivity contribution in [1.29, 1.82) is 0 Å². The first kappa shape index (κ1) is 11.1. The van der Waals surface area contributed by atoms with Gasteiger partial charge in [-0.25, -0.2) is 0 Å². The van der Waals surface area contributed by atoms with E-state index >= 15 is 0 Å². The predicted molar refractivity (Wildman–Crippen MR) is 76.7 cm³/mol. The molecule has 3 rings (SSSR count). The van der Waals surface area contributed by atoms with Crippen LogP contribution in [-0.4, -0.2) is 9.81 Å². The lowest BCUT2D eigenvalue weighted by molar-refractivity contribution is 0.476. The number of nitrogens with one attached hydrogen (secondary N) is 1. The monoisotopic (exact) mass is 289 g/mol. The number of aryl methyl sites for hydroxylation is 1. The number of benzene rings is 1. The second-order valence-corrected chi connectivity index (χ2v) is 5.87. The molecule has 17 heavy (non-hydrogen) atoms. The van der Waals surface area contributed by atoms with Gasteiger partial charge in [-0.2, -0.15) is 0 Å². The van der Waals surface area contributed by atoms with E-state index in [1.54, 1.807) is 0 Å². The number of hydrogen-bond acceptors (Lipinski definition) is 0. The fourth-order valence-corrected chi connectivity index (χ4v) is 3.31. The highest BCUT2D eigenvalue weighted by molar-refractivity contribution is 9.09. The van der Waals surface area contributed by atoms with Crippen molar-refractivity contribution in [3.63, 3.8) is 0 Å². The molecule has 2 atom stereocenters. The summed E-state index contributed by atoms with van der Waals surface area (Å²) in [4.78, 5) is 3.99. The Labute approximate surface area is 110 Å². The van der Waals surface area contributed by atoms with Crippen molar-refractivity contribution in [1.82, 2.24) is 4.98 Å². The van der Waals surface area contributed by atoms with Gasteiger partial charge in [0.25, 0.3) is 0 Å². The van der Waals surface area contributed by atoms with Crippen LogP contribution in [0.4, 0.5) is 0 Å². The van der Waals surface area contributed by atoms with E-state index in [4.69, 9.17) is 0 Å². The molecule has 1 N–H and O–H groups in total. The zero-order valence-corrected chi connectivity index (χ0v) is 11.3. The van der Waals surface area contributed by atoms with Gasteiger partial charge in [-0.1, -0.05) is 40.2 Å². The maximum atomic E-state index is 3.89. The molecule has 0 saturated carbocycles. The van der Waals surface area contributed by atoms with Crippen LogP contribution in [0.25, 0.3) is 10.9 Å². The first-order chi connectivity index (χ1) is 8.29. The maximum absolute atomic E-state index is 3.89. The van der Waals surface area contributed by atoms with Crippen LogP contribution in [0.2, 0.25) is 0 Å². The third kappa shape index (κ3) is 1.85. The third-order valence-corrected chi connectivity index (χ3v) is 4.93. The lowest BCUT2D eigenvalue weighted by atomic mass is 9.84. The van der Waals surface area contributed by atoms with E-state index in [2.05, 4.69) is 51.8 Å². The fourth-order valence-electron chi connectivity index (χ4n) is 2.86. The number of hydrogen-bond donors (Lipinski definition) is 1. The van der Waals surface area contributed by atoms with Crippen molar-refractivity contribution >= 4 is 26.8 Å². The van der Waals surface area contributed by atoms with Crippen LogP contribution in [0.15, 0.2) is 36.9 Å². The molecule has 0 fully saturated rings. The van der Waals surface area contributed by atoms with Crippen molar-refractivity contribution in [2.75, 3.05) is 0 Å². The minimum atomic E-state index is 0.435. The molecule has 2 aromatic rings. The molecule has 0 aliphatic heterocycles. The Bertz CT molecular complexity index is 555. The average molecular weight is 290 g/mol. The smallest absolute Gasteiger partial charge is 0.0458 e. The first-order valence-electron chi connectivity index (χ1n) is 6.14. The van der Waals surface area contributed by atoms with Gasteiger partial charge in [0.15, 0.2) is 0 Å². The molecule has 0 saturated heterocycles. The molecule has 0 amide bonds. The molecular weight excluding hydrogens is 274 g/mol. The van der Waals surface area contributed by atoms with Gasteiger partial charge in [0, 0.05) is 21.4 Å². The van der Waals surface area contributed by atoms with Crippen molar-refractivity contribution < 1.29 is 0 Å². The number of H-pyrrole nitrogens is 1. The van der Waals surface area contributed by atoms with Crippen molar-refractivity contribution in [2.24, 2.45) is 5.92 Å². The minimum absolute atomic E-state index is 0.435. The van der Waals surface area contributed by atoms with Gasteiger partial charge < -0.3 is 4.98 Å². The Morgan fingerprint density at radius 3 is 3.06 bits per heavy atom. The number of allylic oxidation sites excluding steroid dienone is 1. The Morgan fingerprint density at radius 2 is 2.24 bits per heavy atom. The molecule has 0 bridgehead atoms. The summed E-state index contributed by atoms with van der Waals surface area (Å²) in [5.74, 6) is 0.680. The molecule has 1 aromatic heterocycles. The molecular formula is C15H16BrN. The molecule has 1 heterocycles. The summed E-state index contributed by atoms with van der Waals surface area (Å²) >= 11 is 3.71. The van der Waals surface area contributed by atoms with Gasteiger partial charge in [-0.3, -0.25) is 0 Å². The van der Waals surface area contributed by atoms with Gasteiger partial charge in [0.2, 0.25) is 0 Å². The second-order valence-electron chi connectivity index (χ2n) is 4.81. The number of aromatic amines is 1. The lowest BCUT2D eigenvalue weighted by Gasteiger charge is -2.25. The van der Waals surface area contributed by atoms with E-state index in [1.807, 2.05) is 6.08 Å². The van der Waals surface area contributed by atoms with E-state index < -0.39 is 0 Å². The van der Waals surface area contributed by atoms with E-state index in [0.717, 1.165) is 12.8 Å². The van der Waals surface area contributed by atoms with Crippen LogP contribution in [0, 0.1) is 5.92 Å². The molecule has 2 unspecified atom stereocenters. The van der Waals surface area contributed by atoms with Gasteiger partial charge in [0.05, 0.1) is 0 Å². The summed E-state index contributed by atoms with van der Waals surface area (Å²) in [7, 11) is 0.